The molecule has 0 saturated carbocycles. The second-order valence-corrected chi connectivity index (χ2v) is 3.87. The highest BCUT2D eigenvalue weighted by Gasteiger charge is 2.07. The van der Waals surface area contributed by atoms with Crippen LogP contribution in [0.3, 0.4) is 0 Å². The maximum absolute atomic E-state index is 9.51. The van der Waals surface area contributed by atoms with Crippen molar-refractivity contribution in [3.8, 4) is 11.5 Å². The molecule has 0 heterocycles. The fraction of sp³-hybridized carbons (Fsp3) is 0.333. The van der Waals surface area contributed by atoms with Gasteiger partial charge in [-0.25, -0.2) is 0 Å². The Hall–Kier alpha value is -0.490. The Labute approximate surface area is 90.8 Å². The third kappa shape index (κ3) is 2.73. The largest absolute Gasteiger partial charge is 0.504 e. The molecule has 0 aliphatic rings. The second-order valence-electron chi connectivity index (χ2n) is 2.62. The zero-order chi connectivity index (χ0) is 9.84. The number of benzene rings is 1. The van der Waals surface area contributed by atoms with Gasteiger partial charge in [0.1, 0.15) is 0 Å². The number of hydrogen-bond donors (Lipinski definition) is 1. The van der Waals surface area contributed by atoms with E-state index in [1.54, 1.807) is 13.2 Å². The van der Waals surface area contributed by atoms with E-state index < -0.39 is 0 Å². The van der Waals surface area contributed by atoms with Gasteiger partial charge in [-0.05, 0) is 47.2 Å². The predicted octanol–water partition coefficient (Wildman–Crippen LogP) is 2.29. The van der Waals surface area contributed by atoms with E-state index in [2.05, 4.69) is 22.6 Å². The van der Waals surface area contributed by atoms with E-state index in [1.165, 1.54) is 0 Å². The number of phenolic OH excluding ortho intramolecular Hbond substituents is 1. The smallest absolute Gasteiger partial charge is 0.188 e. The lowest BCUT2D eigenvalue weighted by Crippen LogP contribution is -2.00. The van der Waals surface area contributed by atoms with Gasteiger partial charge in [0, 0.05) is 10.7 Å². The summed E-state index contributed by atoms with van der Waals surface area (Å²) < 4.78 is 10.9. The van der Waals surface area contributed by atoms with E-state index in [4.69, 9.17) is 9.47 Å². The van der Waals surface area contributed by atoms with Gasteiger partial charge < -0.3 is 14.6 Å². The van der Waals surface area contributed by atoms with Crippen LogP contribution in [0.15, 0.2) is 12.1 Å². The molecule has 0 aliphatic heterocycles. The molecule has 0 spiro atoms. The first-order valence-electron chi connectivity index (χ1n) is 3.76. The summed E-state index contributed by atoms with van der Waals surface area (Å²) in [5, 5.41) is 9.51. The van der Waals surface area contributed by atoms with Crippen molar-refractivity contribution in [1.82, 2.24) is 0 Å². The fourth-order valence-electron chi connectivity index (χ4n) is 1.02. The van der Waals surface area contributed by atoms with Gasteiger partial charge in [-0.3, -0.25) is 0 Å². The van der Waals surface area contributed by atoms with E-state index >= 15 is 0 Å². The summed E-state index contributed by atoms with van der Waals surface area (Å²) in [6.07, 6.45) is 0. The Balaban J connectivity index is 2.92. The SMILES string of the molecule is COCOc1c(C)cc(I)cc1O. The monoisotopic (exact) mass is 294 g/mol. The molecule has 1 N–H and O–H groups in total. The summed E-state index contributed by atoms with van der Waals surface area (Å²) in [5.41, 5.74) is 0.904. The van der Waals surface area contributed by atoms with Gasteiger partial charge >= 0.3 is 0 Å². The van der Waals surface area contributed by atoms with E-state index in [0.29, 0.717) is 5.75 Å². The quantitative estimate of drug-likeness (QED) is 0.686. The van der Waals surface area contributed by atoms with Crippen LogP contribution in [0.25, 0.3) is 0 Å². The molecule has 13 heavy (non-hydrogen) atoms. The van der Waals surface area contributed by atoms with Gasteiger partial charge in [-0.1, -0.05) is 0 Å². The van der Waals surface area contributed by atoms with Crippen molar-refractivity contribution in [3.63, 3.8) is 0 Å². The zero-order valence-corrected chi connectivity index (χ0v) is 9.66. The summed E-state index contributed by atoms with van der Waals surface area (Å²) in [7, 11) is 1.54. The zero-order valence-electron chi connectivity index (χ0n) is 7.50. The van der Waals surface area contributed by atoms with Crippen LogP contribution in [-0.2, 0) is 4.74 Å². The number of phenols is 1. The first-order chi connectivity index (χ1) is 6.15. The van der Waals surface area contributed by atoms with Crippen molar-refractivity contribution >= 4 is 22.6 Å². The minimum atomic E-state index is 0.148. The molecule has 0 radical (unpaired) electrons. The molecule has 0 aliphatic carbocycles. The normalized spacial score (nSPS) is 10.1. The average molecular weight is 294 g/mol. The van der Waals surface area contributed by atoms with Gasteiger partial charge in [0.15, 0.2) is 18.3 Å². The van der Waals surface area contributed by atoms with E-state index in [-0.39, 0.29) is 12.5 Å². The minimum absolute atomic E-state index is 0.148. The Morgan fingerprint density at radius 3 is 2.69 bits per heavy atom. The molecule has 4 heteroatoms. The summed E-state index contributed by atoms with van der Waals surface area (Å²) in [6, 6.07) is 3.59. The molecule has 0 saturated heterocycles. The van der Waals surface area contributed by atoms with Gasteiger partial charge in [0.2, 0.25) is 0 Å². The number of methoxy groups -OCH3 is 1. The van der Waals surface area contributed by atoms with Crippen LogP contribution in [0.5, 0.6) is 11.5 Å². The maximum Gasteiger partial charge on any atom is 0.188 e. The number of aromatic hydroxyl groups is 1. The highest BCUT2D eigenvalue weighted by molar-refractivity contribution is 14.1. The summed E-state index contributed by atoms with van der Waals surface area (Å²) in [5.74, 6) is 0.642. The molecule has 72 valence electrons. The molecule has 0 unspecified atom stereocenters. The lowest BCUT2D eigenvalue weighted by molar-refractivity contribution is 0.0487. The Morgan fingerprint density at radius 2 is 2.15 bits per heavy atom. The summed E-state index contributed by atoms with van der Waals surface area (Å²) in [6.45, 7) is 2.03. The van der Waals surface area contributed by atoms with Crippen LogP contribution in [0.4, 0.5) is 0 Å². The van der Waals surface area contributed by atoms with Crippen LogP contribution in [0.2, 0.25) is 0 Å². The van der Waals surface area contributed by atoms with Gasteiger partial charge in [0.25, 0.3) is 0 Å². The Bertz CT molecular complexity index is 276. The van der Waals surface area contributed by atoms with Crippen molar-refractivity contribution in [2.45, 2.75) is 6.92 Å². The molecule has 0 atom stereocenters. The third-order valence-electron chi connectivity index (χ3n) is 1.54. The van der Waals surface area contributed by atoms with Crippen molar-refractivity contribution in [3.05, 3.63) is 21.3 Å². The molecule has 1 aromatic carbocycles. The molecule has 1 rings (SSSR count). The van der Waals surface area contributed by atoms with Crippen LogP contribution >= 0.6 is 22.6 Å². The molecular weight excluding hydrogens is 283 g/mol. The Kier molecular flexibility index (Phi) is 3.80. The lowest BCUT2D eigenvalue weighted by Gasteiger charge is -2.09. The van der Waals surface area contributed by atoms with Crippen LogP contribution in [0.1, 0.15) is 5.56 Å². The van der Waals surface area contributed by atoms with Crippen molar-refractivity contribution in [2.75, 3.05) is 13.9 Å². The average Bonchev–Trinajstić information content (AvgIpc) is 2.02. The fourth-order valence-corrected chi connectivity index (χ4v) is 1.78. The summed E-state index contributed by atoms with van der Waals surface area (Å²) >= 11 is 2.14. The minimum Gasteiger partial charge on any atom is -0.504 e. The van der Waals surface area contributed by atoms with Crippen molar-refractivity contribution in [1.29, 1.82) is 0 Å². The van der Waals surface area contributed by atoms with Crippen LogP contribution in [0, 0.1) is 10.5 Å². The number of aryl methyl sites for hydroxylation is 1. The predicted molar refractivity (Wildman–Crippen MR) is 58.1 cm³/mol. The third-order valence-corrected chi connectivity index (χ3v) is 2.16. The van der Waals surface area contributed by atoms with Crippen LogP contribution < -0.4 is 4.74 Å². The maximum atomic E-state index is 9.51. The molecule has 1 aromatic rings. The topological polar surface area (TPSA) is 38.7 Å². The van der Waals surface area contributed by atoms with E-state index in [0.717, 1.165) is 9.13 Å². The number of rotatable bonds is 3. The van der Waals surface area contributed by atoms with Crippen molar-refractivity contribution in [2.24, 2.45) is 0 Å². The van der Waals surface area contributed by atoms with Gasteiger partial charge in [0.05, 0.1) is 0 Å². The van der Waals surface area contributed by atoms with Crippen molar-refractivity contribution < 1.29 is 14.6 Å². The summed E-state index contributed by atoms with van der Waals surface area (Å²) in [4.78, 5) is 0. The van der Waals surface area contributed by atoms with Gasteiger partial charge in [-0.2, -0.15) is 0 Å². The van der Waals surface area contributed by atoms with Gasteiger partial charge in [-0.15, -0.1) is 0 Å². The first-order valence-corrected chi connectivity index (χ1v) is 4.84. The Morgan fingerprint density at radius 1 is 1.46 bits per heavy atom. The number of halogens is 1. The van der Waals surface area contributed by atoms with E-state index in [9.17, 15) is 5.11 Å². The molecular formula is C9H11IO3. The lowest BCUT2D eigenvalue weighted by atomic mass is 10.2. The highest BCUT2D eigenvalue weighted by atomic mass is 127. The number of hydrogen-bond acceptors (Lipinski definition) is 3. The highest BCUT2D eigenvalue weighted by Crippen LogP contribution is 2.31. The molecule has 0 amide bonds. The molecule has 0 aromatic heterocycles. The van der Waals surface area contributed by atoms with Crippen LogP contribution in [-0.4, -0.2) is 19.0 Å². The van der Waals surface area contributed by atoms with E-state index in [1.807, 2.05) is 13.0 Å². The first kappa shape index (κ1) is 10.6. The molecule has 0 fully saturated rings. The second kappa shape index (κ2) is 4.66. The molecule has 0 bridgehead atoms. The standard InChI is InChI=1S/C9H11IO3/c1-6-3-7(10)4-8(11)9(6)13-5-12-2/h3-4,11H,5H2,1-2H3. The molecule has 3 nitrogen and oxygen atoms in total. The number of ether oxygens (including phenoxy) is 2.